The van der Waals surface area contributed by atoms with Crippen LogP contribution in [-0.4, -0.2) is 23.8 Å². The highest BCUT2D eigenvalue weighted by Crippen LogP contribution is 2.29. The molecule has 0 aliphatic rings. The highest BCUT2D eigenvalue weighted by atomic mass is 32.2. The predicted molar refractivity (Wildman–Crippen MR) is 82.7 cm³/mol. The van der Waals surface area contributed by atoms with Crippen molar-refractivity contribution >= 4 is 33.3 Å². The van der Waals surface area contributed by atoms with Crippen molar-refractivity contribution in [2.75, 3.05) is 18.8 Å². The minimum Gasteiger partial charge on any atom is -0.317 e. The zero-order chi connectivity index (χ0) is 12.6. The van der Waals surface area contributed by atoms with Crippen LogP contribution in [0.3, 0.4) is 0 Å². The standard InChI is InChI=1S/C14H20N2S2/c1-2-9-15-10-5-6-11-17-14-16-12-7-3-4-8-13(12)18-14/h3-4,7-8,15H,2,5-6,9-11H2,1H3. The predicted octanol–water partition coefficient (Wildman–Crippen LogP) is 4.17. The van der Waals surface area contributed by atoms with Crippen molar-refractivity contribution in [3.05, 3.63) is 24.3 Å². The molecule has 0 amide bonds. The number of benzene rings is 1. The first-order valence-corrected chi connectivity index (χ1v) is 8.39. The number of fused-ring (bicyclic) bond motifs is 1. The number of aromatic nitrogens is 1. The van der Waals surface area contributed by atoms with E-state index >= 15 is 0 Å². The van der Waals surface area contributed by atoms with Crippen LogP contribution in [0.15, 0.2) is 28.6 Å². The summed E-state index contributed by atoms with van der Waals surface area (Å²) in [5, 5.41) is 3.43. The van der Waals surface area contributed by atoms with Gasteiger partial charge in [0.15, 0.2) is 4.34 Å². The number of nitrogens with one attached hydrogen (secondary N) is 1. The van der Waals surface area contributed by atoms with Crippen molar-refractivity contribution in [1.82, 2.24) is 10.3 Å². The first-order chi connectivity index (χ1) is 8.90. The summed E-state index contributed by atoms with van der Waals surface area (Å²) in [5.74, 6) is 1.17. The van der Waals surface area contributed by atoms with Gasteiger partial charge in [0.05, 0.1) is 10.2 Å². The molecule has 18 heavy (non-hydrogen) atoms. The number of hydrogen-bond donors (Lipinski definition) is 1. The third kappa shape index (κ3) is 4.26. The van der Waals surface area contributed by atoms with Crippen LogP contribution < -0.4 is 5.32 Å². The molecule has 2 aromatic rings. The Kier molecular flexibility index (Phi) is 5.97. The van der Waals surface area contributed by atoms with Crippen molar-refractivity contribution in [1.29, 1.82) is 0 Å². The minimum atomic E-state index is 1.13. The van der Waals surface area contributed by atoms with Crippen molar-refractivity contribution < 1.29 is 0 Å². The molecule has 0 atom stereocenters. The molecule has 1 N–H and O–H groups in total. The Hall–Kier alpha value is -0.580. The molecule has 0 radical (unpaired) electrons. The van der Waals surface area contributed by atoms with Gasteiger partial charge in [-0.2, -0.15) is 0 Å². The smallest absolute Gasteiger partial charge is 0.151 e. The van der Waals surface area contributed by atoms with Crippen molar-refractivity contribution in [3.63, 3.8) is 0 Å². The lowest BCUT2D eigenvalue weighted by Crippen LogP contribution is -2.15. The van der Waals surface area contributed by atoms with E-state index in [2.05, 4.69) is 41.5 Å². The lowest BCUT2D eigenvalue weighted by molar-refractivity contribution is 0.635. The van der Waals surface area contributed by atoms with Crippen LogP contribution in [0.4, 0.5) is 0 Å². The summed E-state index contributed by atoms with van der Waals surface area (Å²) in [6.45, 7) is 4.50. The van der Waals surface area contributed by atoms with Gasteiger partial charge in [-0.3, -0.25) is 0 Å². The summed E-state index contributed by atoms with van der Waals surface area (Å²) in [7, 11) is 0. The van der Waals surface area contributed by atoms with E-state index in [-0.39, 0.29) is 0 Å². The van der Waals surface area contributed by atoms with Crippen molar-refractivity contribution in [2.45, 2.75) is 30.5 Å². The van der Waals surface area contributed by atoms with Crippen LogP contribution in [0.2, 0.25) is 0 Å². The van der Waals surface area contributed by atoms with Gasteiger partial charge >= 0.3 is 0 Å². The lowest BCUT2D eigenvalue weighted by Gasteiger charge is -2.01. The van der Waals surface area contributed by atoms with E-state index in [4.69, 9.17) is 0 Å². The highest BCUT2D eigenvalue weighted by molar-refractivity contribution is 8.01. The second-order valence-electron chi connectivity index (χ2n) is 4.25. The molecule has 1 aromatic heterocycles. The Balaban J connectivity index is 1.67. The largest absolute Gasteiger partial charge is 0.317 e. The minimum absolute atomic E-state index is 1.13. The van der Waals surface area contributed by atoms with Crippen LogP contribution in [0.1, 0.15) is 26.2 Å². The number of nitrogens with zero attached hydrogens (tertiary/aromatic N) is 1. The van der Waals surface area contributed by atoms with E-state index in [1.165, 1.54) is 34.1 Å². The van der Waals surface area contributed by atoms with Crippen LogP contribution in [-0.2, 0) is 0 Å². The van der Waals surface area contributed by atoms with E-state index in [0.717, 1.165) is 18.6 Å². The molecule has 98 valence electrons. The van der Waals surface area contributed by atoms with E-state index in [0.29, 0.717) is 0 Å². The summed E-state index contributed by atoms with van der Waals surface area (Å²) in [6.07, 6.45) is 3.75. The molecule has 2 rings (SSSR count). The van der Waals surface area contributed by atoms with Crippen LogP contribution >= 0.6 is 23.1 Å². The molecule has 1 aromatic carbocycles. The summed E-state index contributed by atoms with van der Waals surface area (Å²) in [5.41, 5.74) is 1.13. The van der Waals surface area contributed by atoms with E-state index < -0.39 is 0 Å². The van der Waals surface area contributed by atoms with Gasteiger partial charge in [0.25, 0.3) is 0 Å². The molecule has 0 bridgehead atoms. The first kappa shape index (κ1) is 13.8. The Morgan fingerprint density at radius 1 is 1.22 bits per heavy atom. The molecule has 4 heteroatoms. The van der Waals surface area contributed by atoms with Crippen molar-refractivity contribution in [3.8, 4) is 0 Å². The fourth-order valence-corrected chi connectivity index (χ4v) is 3.86. The normalized spacial score (nSPS) is 11.2. The maximum atomic E-state index is 4.63. The summed E-state index contributed by atoms with van der Waals surface area (Å²) in [4.78, 5) is 4.63. The molecular formula is C14H20N2S2. The van der Waals surface area contributed by atoms with E-state index in [1.807, 2.05) is 11.8 Å². The molecule has 0 aliphatic heterocycles. The molecule has 0 aliphatic carbocycles. The zero-order valence-electron chi connectivity index (χ0n) is 10.8. The average Bonchev–Trinajstić information content (AvgIpc) is 2.80. The average molecular weight is 280 g/mol. The fraction of sp³-hybridized carbons (Fsp3) is 0.500. The Labute approximate surface area is 117 Å². The molecule has 0 fully saturated rings. The fourth-order valence-electron chi connectivity index (χ4n) is 1.73. The molecular weight excluding hydrogens is 260 g/mol. The summed E-state index contributed by atoms with van der Waals surface area (Å²) in [6, 6.07) is 8.36. The topological polar surface area (TPSA) is 24.9 Å². The van der Waals surface area contributed by atoms with Crippen LogP contribution in [0.25, 0.3) is 10.2 Å². The SMILES string of the molecule is CCCNCCCCSc1nc2ccccc2s1. The number of rotatable bonds is 8. The first-order valence-electron chi connectivity index (χ1n) is 6.59. The third-order valence-corrected chi connectivity index (χ3v) is 4.94. The summed E-state index contributed by atoms with van der Waals surface area (Å²) >= 11 is 3.70. The number of hydrogen-bond acceptors (Lipinski definition) is 4. The van der Waals surface area contributed by atoms with Gasteiger partial charge in [-0.15, -0.1) is 11.3 Å². The van der Waals surface area contributed by atoms with E-state index in [9.17, 15) is 0 Å². The second kappa shape index (κ2) is 7.77. The molecule has 0 saturated heterocycles. The lowest BCUT2D eigenvalue weighted by atomic mass is 10.3. The molecule has 0 saturated carbocycles. The van der Waals surface area contributed by atoms with Gasteiger partial charge in [0.1, 0.15) is 0 Å². The zero-order valence-corrected chi connectivity index (χ0v) is 12.4. The second-order valence-corrected chi connectivity index (χ2v) is 6.63. The molecule has 2 nitrogen and oxygen atoms in total. The molecule has 0 spiro atoms. The quantitative estimate of drug-likeness (QED) is 0.580. The van der Waals surface area contributed by atoms with Crippen LogP contribution in [0, 0.1) is 0 Å². The van der Waals surface area contributed by atoms with Gasteiger partial charge in [0.2, 0.25) is 0 Å². The highest BCUT2D eigenvalue weighted by Gasteiger charge is 2.02. The maximum absolute atomic E-state index is 4.63. The molecule has 0 unspecified atom stereocenters. The van der Waals surface area contributed by atoms with Gasteiger partial charge in [-0.25, -0.2) is 4.98 Å². The number of thioether (sulfide) groups is 1. The van der Waals surface area contributed by atoms with Crippen molar-refractivity contribution in [2.24, 2.45) is 0 Å². The third-order valence-electron chi connectivity index (χ3n) is 2.67. The summed E-state index contributed by atoms with van der Waals surface area (Å²) < 4.78 is 2.50. The Bertz CT molecular complexity index is 435. The van der Waals surface area contributed by atoms with E-state index in [1.54, 1.807) is 11.3 Å². The Morgan fingerprint density at radius 3 is 2.94 bits per heavy atom. The number of unbranched alkanes of at least 4 members (excludes halogenated alkanes) is 1. The maximum Gasteiger partial charge on any atom is 0.151 e. The van der Waals surface area contributed by atoms with Gasteiger partial charge in [-0.05, 0) is 44.5 Å². The van der Waals surface area contributed by atoms with Crippen LogP contribution in [0.5, 0.6) is 0 Å². The Morgan fingerprint density at radius 2 is 2.11 bits per heavy atom. The van der Waals surface area contributed by atoms with Gasteiger partial charge < -0.3 is 5.32 Å². The van der Waals surface area contributed by atoms with Gasteiger partial charge in [0, 0.05) is 5.75 Å². The number of para-hydroxylation sites is 1. The van der Waals surface area contributed by atoms with Gasteiger partial charge in [-0.1, -0.05) is 30.8 Å². The number of thiazole rings is 1. The monoisotopic (exact) mass is 280 g/mol. The molecule has 1 heterocycles.